The Bertz CT molecular complexity index is 385. The summed E-state index contributed by atoms with van der Waals surface area (Å²) in [6, 6.07) is -0.369. The van der Waals surface area contributed by atoms with E-state index in [4.69, 9.17) is 4.74 Å². The van der Waals surface area contributed by atoms with Gasteiger partial charge in [-0.2, -0.15) is 0 Å². The molecule has 0 bridgehead atoms. The molecule has 0 aromatic rings. The van der Waals surface area contributed by atoms with E-state index in [0.717, 1.165) is 45.3 Å². The minimum Gasteiger partial charge on any atom is -0.480 e. The third-order valence-electron chi connectivity index (χ3n) is 4.84. The Morgan fingerprint density at radius 3 is 2.29 bits per heavy atom. The Morgan fingerprint density at radius 1 is 1.10 bits per heavy atom. The molecular weight excluding hydrogens is 272 g/mol. The lowest BCUT2D eigenvalue weighted by Gasteiger charge is -2.36. The zero-order chi connectivity index (χ0) is 15.3. The number of carbonyl (C=O) groups is 2. The van der Waals surface area contributed by atoms with Crippen molar-refractivity contribution in [3.8, 4) is 0 Å². The molecule has 2 aliphatic rings. The first-order chi connectivity index (χ1) is 9.96. The predicted octanol–water partition coefficient (Wildman–Crippen LogP) is 1.89. The maximum atomic E-state index is 12.1. The quantitative estimate of drug-likeness (QED) is 0.739. The Labute approximate surface area is 125 Å². The lowest BCUT2D eigenvalue weighted by molar-refractivity contribution is -0.145. The van der Waals surface area contributed by atoms with Crippen LogP contribution in [0.5, 0.6) is 0 Å². The summed E-state index contributed by atoms with van der Waals surface area (Å²) in [5, 5.41) is 15.0. The number of hydrogen-bond acceptors (Lipinski definition) is 3. The van der Waals surface area contributed by atoms with Crippen LogP contribution in [0.3, 0.4) is 0 Å². The molecule has 1 heterocycles. The molecule has 1 saturated carbocycles. The predicted molar refractivity (Wildman–Crippen MR) is 78.1 cm³/mol. The highest BCUT2D eigenvalue weighted by atomic mass is 16.5. The average molecular weight is 298 g/mol. The summed E-state index contributed by atoms with van der Waals surface area (Å²) in [6.07, 6.45) is 5.59. The van der Waals surface area contributed by atoms with Gasteiger partial charge in [-0.15, -0.1) is 0 Å². The van der Waals surface area contributed by atoms with E-state index in [1.54, 1.807) is 0 Å². The van der Waals surface area contributed by atoms with Crippen LogP contribution in [0.15, 0.2) is 0 Å². The fourth-order valence-electron chi connectivity index (χ4n) is 3.14. The van der Waals surface area contributed by atoms with Gasteiger partial charge in [0.1, 0.15) is 5.54 Å². The van der Waals surface area contributed by atoms with E-state index in [1.165, 1.54) is 0 Å². The lowest BCUT2D eigenvalue weighted by atomic mass is 9.81. The maximum Gasteiger partial charge on any atom is 0.329 e. The molecule has 1 aliphatic heterocycles. The largest absolute Gasteiger partial charge is 0.480 e. The van der Waals surface area contributed by atoms with Gasteiger partial charge in [0.05, 0.1) is 0 Å². The lowest BCUT2D eigenvalue weighted by Crippen LogP contribution is -2.58. The van der Waals surface area contributed by atoms with Gasteiger partial charge in [-0.25, -0.2) is 9.59 Å². The molecule has 0 unspecified atom stereocenters. The molecule has 2 rings (SSSR count). The van der Waals surface area contributed by atoms with Crippen molar-refractivity contribution in [1.29, 1.82) is 0 Å². The zero-order valence-electron chi connectivity index (χ0n) is 12.7. The monoisotopic (exact) mass is 298 g/mol. The summed E-state index contributed by atoms with van der Waals surface area (Å²) >= 11 is 0. The van der Waals surface area contributed by atoms with Crippen molar-refractivity contribution < 1.29 is 19.4 Å². The van der Waals surface area contributed by atoms with Crippen LogP contribution in [-0.4, -0.2) is 42.4 Å². The molecule has 1 saturated heterocycles. The van der Waals surface area contributed by atoms with E-state index in [0.29, 0.717) is 19.4 Å². The SMILES string of the molecule is CC1(CNC(=O)NC2(C(=O)O)CCCCC2)CCOCC1. The summed E-state index contributed by atoms with van der Waals surface area (Å²) in [5.41, 5.74) is -1.04. The van der Waals surface area contributed by atoms with E-state index in [1.807, 2.05) is 0 Å². The molecule has 6 nitrogen and oxygen atoms in total. The Kier molecular flexibility index (Phi) is 5.08. The number of ether oxygens (including phenoxy) is 1. The van der Waals surface area contributed by atoms with Gasteiger partial charge in [0, 0.05) is 19.8 Å². The Morgan fingerprint density at radius 2 is 1.71 bits per heavy atom. The summed E-state index contributed by atoms with van der Waals surface area (Å²) in [5.74, 6) is -0.922. The molecule has 6 heteroatoms. The topological polar surface area (TPSA) is 87.7 Å². The number of hydrogen-bond donors (Lipinski definition) is 3. The molecule has 2 amide bonds. The number of carbonyl (C=O) groups excluding carboxylic acids is 1. The highest BCUT2D eigenvalue weighted by Crippen LogP contribution is 2.30. The number of nitrogens with one attached hydrogen (secondary N) is 2. The minimum atomic E-state index is -1.08. The van der Waals surface area contributed by atoms with Crippen LogP contribution in [-0.2, 0) is 9.53 Å². The van der Waals surface area contributed by atoms with Crippen LogP contribution in [0.4, 0.5) is 4.79 Å². The van der Waals surface area contributed by atoms with Gasteiger partial charge in [0.25, 0.3) is 0 Å². The first kappa shape index (κ1) is 16.1. The summed E-state index contributed by atoms with van der Waals surface area (Å²) in [6.45, 7) is 4.12. The molecule has 1 aliphatic carbocycles. The Hall–Kier alpha value is -1.30. The fraction of sp³-hybridized carbons (Fsp3) is 0.867. The highest BCUT2D eigenvalue weighted by Gasteiger charge is 2.41. The number of carboxylic acid groups (broad SMARTS) is 1. The molecule has 0 spiro atoms. The van der Waals surface area contributed by atoms with Crippen LogP contribution >= 0.6 is 0 Å². The number of urea groups is 1. The van der Waals surface area contributed by atoms with Gasteiger partial charge in [-0.05, 0) is 31.1 Å². The van der Waals surface area contributed by atoms with E-state index in [2.05, 4.69) is 17.6 Å². The standard InChI is InChI=1S/C15H26N2O4/c1-14(7-9-21-10-8-14)11-16-13(20)17-15(12(18)19)5-3-2-4-6-15/h2-11H2,1H3,(H,18,19)(H2,16,17,20). The van der Waals surface area contributed by atoms with Crippen LogP contribution in [0.1, 0.15) is 51.9 Å². The van der Waals surface area contributed by atoms with Crippen molar-refractivity contribution in [2.24, 2.45) is 5.41 Å². The van der Waals surface area contributed by atoms with E-state index >= 15 is 0 Å². The van der Waals surface area contributed by atoms with Crippen LogP contribution in [0.2, 0.25) is 0 Å². The van der Waals surface area contributed by atoms with Crippen molar-refractivity contribution in [1.82, 2.24) is 10.6 Å². The fourth-order valence-corrected chi connectivity index (χ4v) is 3.14. The number of carboxylic acids is 1. The van der Waals surface area contributed by atoms with Crippen molar-refractivity contribution in [3.63, 3.8) is 0 Å². The molecule has 0 radical (unpaired) electrons. The number of amides is 2. The molecule has 3 N–H and O–H groups in total. The van der Waals surface area contributed by atoms with Gasteiger partial charge >= 0.3 is 12.0 Å². The van der Waals surface area contributed by atoms with Gasteiger partial charge in [-0.3, -0.25) is 0 Å². The van der Waals surface area contributed by atoms with Crippen molar-refractivity contribution >= 4 is 12.0 Å². The average Bonchev–Trinajstić information content (AvgIpc) is 2.47. The van der Waals surface area contributed by atoms with E-state index < -0.39 is 11.5 Å². The van der Waals surface area contributed by atoms with Gasteiger partial charge in [0.2, 0.25) is 0 Å². The minimum absolute atomic E-state index is 0.0402. The molecule has 21 heavy (non-hydrogen) atoms. The second-order valence-corrected chi connectivity index (χ2v) is 6.68. The molecule has 120 valence electrons. The summed E-state index contributed by atoms with van der Waals surface area (Å²) in [4.78, 5) is 23.6. The van der Waals surface area contributed by atoms with Crippen LogP contribution < -0.4 is 10.6 Å². The van der Waals surface area contributed by atoms with E-state index in [-0.39, 0.29) is 11.4 Å². The second kappa shape index (κ2) is 6.64. The summed E-state index contributed by atoms with van der Waals surface area (Å²) < 4.78 is 5.33. The Balaban J connectivity index is 1.86. The van der Waals surface area contributed by atoms with Crippen LogP contribution in [0.25, 0.3) is 0 Å². The molecule has 0 aromatic heterocycles. The number of aliphatic carboxylic acids is 1. The first-order valence-corrected chi connectivity index (χ1v) is 7.83. The van der Waals surface area contributed by atoms with Crippen LogP contribution in [0, 0.1) is 5.41 Å². The van der Waals surface area contributed by atoms with Gasteiger partial charge in [-0.1, -0.05) is 26.2 Å². The van der Waals surface area contributed by atoms with Crippen molar-refractivity contribution in [2.45, 2.75) is 57.4 Å². The number of rotatable bonds is 4. The van der Waals surface area contributed by atoms with Gasteiger partial charge in [0.15, 0.2) is 0 Å². The second-order valence-electron chi connectivity index (χ2n) is 6.68. The van der Waals surface area contributed by atoms with E-state index in [9.17, 15) is 14.7 Å². The van der Waals surface area contributed by atoms with Crippen molar-refractivity contribution in [2.75, 3.05) is 19.8 Å². The summed E-state index contributed by atoms with van der Waals surface area (Å²) in [7, 11) is 0. The first-order valence-electron chi connectivity index (χ1n) is 7.83. The zero-order valence-corrected chi connectivity index (χ0v) is 12.7. The third-order valence-corrected chi connectivity index (χ3v) is 4.84. The molecule has 2 fully saturated rings. The van der Waals surface area contributed by atoms with Crippen molar-refractivity contribution in [3.05, 3.63) is 0 Å². The molecule has 0 atom stereocenters. The smallest absolute Gasteiger partial charge is 0.329 e. The third kappa shape index (κ3) is 4.09. The normalized spacial score (nSPS) is 24.0. The molecule has 0 aromatic carbocycles. The maximum absolute atomic E-state index is 12.1. The van der Waals surface area contributed by atoms with Gasteiger partial charge < -0.3 is 20.5 Å². The molecular formula is C15H26N2O4. The highest BCUT2D eigenvalue weighted by molar-refractivity contribution is 5.86.